The van der Waals surface area contributed by atoms with Gasteiger partial charge in [0, 0.05) is 13.1 Å². The standard InChI is InChI=1S/C21H22N4O2/c1-2-15-8-10-17(11-9-15)13-23-21(27)19-18(24-14-25-19)20(26)22-12-16-6-4-3-5-7-16/h3-11,14H,2,12-13H2,1H3,(H,22,26)(H,23,27)(H,24,25). The Balaban J connectivity index is 1.59. The average Bonchev–Trinajstić information content (AvgIpc) is 3.21. The van der Waals surface area contributed by atoms with Crippen LogP contribution in [0, 0.1) is 0 Å². The van der Waals surface area contributed by atoms with E-state index >= 15 is 0 Å². The lowest BCUT2D eigenvalue weighted by Crippen LogP contribution is -2.29. The van der Waals surface area contributed by atoms with Gasteiger partial charge < -0.3 is 15.6 Å². The van der Waals surface area contributed by atoms with Gasteiger partial charge in [0.15, 0.2) is 5.69 Å². The summed E-state index contributed by atoms with van der Waals surface area (Å²) in [5.41, 5.74) is 3.46. The molecule has 1 aromatic heterocycles. The van der Waals surface area contributed by atoms with Crippen molar-refractivity contribution in [3.8, 4) is 0 Å². The van der Waals surface area contributed by atoms with Gasteiger partial charge in [0.2, 0.25) is 0 Å². The molecule has 0 saturated carbocycles. The lowest BCUT2D eigenvalue weighted by atomic mass is 10.1. The molecule has 3 N–H and O–H groups in total. The van der Waals surface area contributed by atoms with E-state index in [1.807, 2.05) is 54.6 Å². The molecule has 0 aliphatic rings. The summed E-state index contributed by atoms with van der Waals surface area (Å²) >= 11 is 0. The summed E-state index contributed by atoms with van der Waals surface area (Å²) in [6.07, 6.45) is 2.32. The van der Waals surface area contributed by atoms with E-state index in [9.17, 15) is 9.59 Å². The third-order valence-electron chi connectivity index (χ3n) is 4.26. The third-order valence-corrected chi connectivity index (χ3v) is 4.26. The maximum absolute atomic E-state index is 12.4. The summed E-state index contributed by atoms with van der Waals surface area (Å²) in [7, 11) is 0. The summed E-state index contributed by atoms with van der Waals surface area (Å²) in [6, 6.07) is 17.6. The van der Waals surface area contributed by atoms with Gasteiger partial charge in [-0.05, 0) is 23.1 Å². The number of H-pyrrole nitrogens is 1. The minimum absolute atomic E-state index is 0.0886. The molecule has 0 fully saturated rings. The molecule has 3 aromatic rings. The SMILES string of the molecule is CCc1ccc(CNC(=O)c2nc[nH]c2C(=O)NCc2ccccc2)cc1. The highest BCUT2D eigenvalue weighted by atomic mass is 16.2. The zero-order valence-electron chi connectivity index (χ0n) is 15.2. The normalized spacial score (nSPS) is 10.4. The molecule has 6 heteroatoms. The van der Waals surface area contributed by atoms with Crippen molar-refractivity contribution in [3.05, 3.63) is 89.0 Å². The first-order valence-corrected chi connectivity index (χ1v) is 8.89. The predicted molar refractivity (Wildman–Crippen MR) is 103 cm³/mol. The van der Waals surface area contributed by atoms with Gasteiger partial charge in [-0.15, -0.1) is 0 Å². The molecule has 0 bridgehead atoms. The first-order chi connectivity index (χ1) is 13.2. The molecule has 6 nitrogen and oxygen atoms in total. The van der Waals surface area contributed by atoms with Crippen molar-refractivity contribution in [2.45, 2.75) is 26.4 Å². The molecule has 0 saturated heterocycles. The Morgan fingerprint density at radius 1 is 0.852 bits per heavy atom. The zero-order chi connectivity index (χ0) is 19.1. The number of amides is 2. The predicted octanol–water partition coefficient (Wildman–Crippen LogP) is 2.83. The number of rotatable bonds is 7. The van der Waals surface area contributed by atoms with Crippen molar-refractivity contribution >= 4 is 11.8 Å². The quantitative estimate of drug-likeness (QED) is 0.604. The number of carbonyl (C=O) groups is 2. The summed E-state index contributed by atoms with van der Waals surface area (Å²) in [6.45, 7) is 2.85. The number of nitrogens with zero attached hydrogens (tertiary/aromatic N) is 1. The number of nitrogens with one attached hydrogen (secondary N) is 3. The molecule has 2 aromatic carbocycles. The van der Waals surface area contributed by atoms with Crippen LogP contribution < -0.4 is 10.6 Å². The molecule has 3 rings (SSSR count). The lowest BCUT2D eigenvalue weighted by molar-refractivity contribution is 0.0911. The smallest absolute Gasteiger partial charge is 0.272 e. The van der Waals surface area contributed by atoms with Crippen LogP contribution in [0.5, 0.6) is 0 Å². The van der Waals surface area contributed by atoms with E-state index in [0.29, 0.717) is 13.1 Å². The second kappa shape index (κ2) is 8.80. The molecular weight excluding hydrogens is 340 g/mol. The Bertz CT molecular complexity index is 901. The molecule has 2 amide bonds. The molecule has 27 heavy (non-hydrogen) atoms. The lowest BCUT2D eigenvalue weighted by Gasteiger charge is -2.07. The summed E-state index contributed by atoms with van der Waals surface area (Å²) in [5.74, 6) is -0.755. The molecule has 0 aliphatic carbocycles. The van der Waals surface area contributed by atoms with E-state index < -0.39 is 0 Å². The van der Waals surface area contributed by atoms with Crippen LogP contribution in [0.4, 0.5) is 0 Å². The Hall–Kier alpha value is -3.41. The van der Waals surface area contributed by atoms with Crippen LogP contribution in [0.25, 0.3) is 0 Å². The molecule has 1 heterocycles. The molecule has 0 radical (unpaired) electrons. The molecule has 0 atom stereocenters. The van der Waals surface area contributed by atoms with E-state index in [1.165, 1.54) is 11.9 Å². The van der Waals surface area contributed by atoms with Gasteiger partial charge in [0.25, 0.3) is 11.8 Å². The Labute approximate surface area is 158 Å². The van der Waals surface area contributed by atoms with Crippen LogP contribution in [0.15, 0.2) is 60.9 Å². The van der Waals surface area contributed by atoms with Gasteiger partial charge in [-0.1, -0.05) is 61.5 Å². The minimum Gasteiger partial charge on any atom is -0.347 e. The first kappa shape index (κ1) is 18.4. The van der Waals surface area contributed by atoms with Gasteiger partial charge in [-0.3, -0.25) is 9.59 Å². The molecule has 0 aliphatic heterocycles. The highest BCUT2D eigenvalue weighted by Crippen LogP contribution is 2.07. The van der Waals surface area contributed by atoms with Crippen LogP contribution in [-0.2, 0) is 19.5 Å². The number of imidazole rings is 1. The number of aryl methyl sites for hydroxylation is 1. The van der Waals surface area contributed by atoms with E-state index in [1.54, 1.807) is 0 Å². The van der Waals surface area contributed by atoms with Gasteiger partial charge >= 0.3 is 0 Å². The van der Waals surface area contributed by atoms with Gasteiger partial charge in [0.05, 0.1) is 6.33 Å². The summed E-state index contributed by atoms with van der Waals surface area (Å²) in [4.78, 5) is 31.6. The fourth-order valence-electron chi connectivity index (χ4n) is 2.66. The van der Waals surface area contributed by atoms with Crippen LogP contribution in [-0.4, -0.2) is 21.8 Å². The Morgan fingerprint density at radius 2 is 1.44 bits per heavy atom. The maximum Gasteiger partial charge on any atom is 0.272 e. The highest BCUT2D eigenvalue weighted by Gasteiger charge is 2.20. The number of hydrogen-bond donors (Lipinski definition) is 3. The van der Waals surface area contributed by atoms with Crippen LogP contribution in [0.3, 0.4) is 0 Å². The molecule has 0 spiro atoms. The van der Waals surface area contributed by atoms with Crippen molar-refractivity contribution in [1.82, 2.24) is 20.6 Å². The van der Waals surface area contributed by atoms with Crippen molar-refractivity contribution in [2.24, 2.45) is 0 Å². The van der Waals surface area contributed by atoms with E-state index in [4.69, 9.17) is 0 Å². The maximum atomic E-state index is 12.4. The number of carbonyl (C=O) groups excluding carboxylic acids is 2. The first-order valence-electron chi connectivity index (χ1n) is 8.89. The number of benzene rings is 2. The van der Waals surface area contributed by atoms with Crippen LogP contribution in [0.2, 0.25) is 0 Å². The van der Waals surface area contributed by atoms with Crippen LogP contribution in [0.1, 0.15) is 44.6 Å². The summed E-state index contributed by atoms with van der Waals surface area (Å²) in [5, 5.41) is 5.60. The van der Waals surface area contributed by atoms with Crippen molar-refractivity contribution in [2.75, 3.05) is 0 Å². The largest absolute Gasteiger partial charge is 0.347 e. The van der Waals surface area contributed by atoms with Gasteiger partial charge in [-0.2, -0.15) is 0 Å². The number of hydrogen-bond acceptors (Lipinski definition) is 3. The molecule has 0 unspecified atom stereocenters. The van der Waals surface area contributed by atoms with E-state index in [-0.39, 0.29) is 23.2 Å². The van der Waals surface area contributed by atoms with E-state index in [2.05, 4.69) is 27.5 Å². The molecule has 138 valence electrons. The van der Waals surface area contributed by atoms with Crippen molar-refractivity contribution in [3.63, 3.8) is 0 Å². The third kappa shape index (κ3) is 4.82. The second-order valence-corrected chi connectivity index (χ2v) is 6.15. The van der Waals surface area contributed by atoms with Gasteiger partial charge in [-0.25, -0.2) is 4.98 Å². The van der Waals surface area contributed by atoms with E-state index in [0.717, 1.165) is 17.5 Å². The number of aromatic amines is 1. The molecular formula is C21H22N4O2. The second-order valence-electron chi connectivity index (χ2n) is 6.15. The van der Waals surface area contributed by atoms with Crippen LogP contribution >= 0.6 is 0 Å². The average molecular weight is 362 g/mol. The fourth-order valence-corrected chi connectivity index (χ4v) is 2.66. The van der Waals surface area contributed by atoms with Crippen molar-refractivity contribution < 1.29 is 9.59 Å². The zero-order valence-corrected chi connectivity index (χ0v) is 15.2. The van der Waals surface area contributed by atoms with Crippen molar-refractivity contribution in [1.29, 1.82) is 0 Å². The Morgan fingerprint density at radius 3 is 2.11 bits per heavy atom. The Kier molecular flexibility index (Phi) is 5.99. The highest BCUT2D eigenvalue weighted by molar-refractivity contribution is 6.04. The topological polar surface area (TPSA) is 86.9 Å². The number of aromatic nitrogens is 2. The fraction of sp³-hybridized carbons (Fsp3) is 0.190. The minimum atomic E-state index is -0.388. The summed E-state index contributed by atoms with van der Waals surface area (Å²) < 4.78 is 0. The monoisotopic (exact) mass is 362 g/mol. The van der Waals surface area contributed by atoms with Gasteiger partial charge in [0.1, 0.15) is 5.69 Å².